The first-order valence-corrected chi connectivity index (χ1v) is 7.26. The summed E-state index contributed by atoms with van der Waals surface area (Å²) in [5, 5.41) is 3.36. The average Bonchev–Trinajstić information content (AvgIpc) is 2.38. The normalized spacial score (nSPS) is 11.1. The molecule has 1 rings (SSSR count). The maximum absolute atomic E-state index is 11.7. The van der Waals surface area contributed by atoms with Crippen molar-refractivity contribution < 1.29 is 0 Å². The van der Waals surface area contributed by atoms with E-state index in [1.807, 2.05) is 12.3 Å². The first-order chi connectivity index (χ1) is 8.69. The minimum absolute atomic E-state index is 0.0306. The van der Waals surface area contributed by atoms with Gasteiger partial charge in [-0.1, -0.05) is 13.8 Å². The lowest BCUT2D eigenvalue weighted by Gasteiger charge is -2.18. The van der Waals surface area contributed by atoms with Gasteiger partial charge in [0, 0.05) is 32.4 Å². The van der Waals surface area contributed by atoms with Gasteiger partial charge in [-0.15, -0.1) is 0 Å². The second kappa shape index (κ2) is 8.45. The fourth-order valence-electron chi connectivity index (χ4n) is 1.79. The summed E-state index contributed by atoms with van der Waals surface area (Å²) in [6.45, 7) is 10.1. The Bertz CT molecular complexity index is 401. The van der Waals surface area contributed by atoms with Crippen LogP contribution in [0.25, 0.3) is 0 Å². The Morgan fingerprint density at radius 3 is 2.72 bits per heavy atom. The van der Waals surface area contributed by atoms with E-state index in [1.54, 1.807) is 10.6 Å². The molecule has 1 N–H and O–H groups in total. The van der Waals surface area contributed by atoms with E-state index < -0.39 is 0 Å². The molecule has 5 heteroatoms. The minimum Gasteiger partial charge on any atom is -0.314 e. The lowest BCUT2D eigenvalue weighted by Crippen LogP contribution is -2.34. The highest BCUT2D eigenvalue weighted by molar-refractivity contribution is 9.10. The Hall–Kier alpha value is -0.650. The van der Waals surface area contributed by atoms with Crippen molar-refractivity contribution in [1.29, 1.82) is 0 Å². The number of aromatic nitrogens is 1. The molecule has 0 atom stereocenters. The van der Waals surface area contributed by atoms with Crippen LogP contribution >= 0.6 is 15.9 Å². The van der Waals surface area contributed by atoms with Crippen LogP contribution in [0.2, 0.25) is 0 Å². The molecule has 0 amide bonds. The molecule has 1 aromatic heterocycles. The Kier molecular flexibility index (Phi) is 7.23. The van der Waals surface area contributed by atoms with Gasteiger partial charge in [0.2, 0.25) is 0 Å². The quantitative estimate of drug-likeness (QED) is 0.739. The molecule has 0 unspecified atom stereocenters. The van der Waals surface area contributed by atoms with Crippen molar-refractivity contribution in [1.82, 2.24) is 14.8 Å². The molecule has 0 saturated heterocycles. The third-order valence-corrected chi connectivity index (χ3v) is 3.61. The van der Waals surface area contributed by atoms with Crippen molar-refractivity contribution in [2.75, 3.05) is 32.7 Å². The van der Waals surface area contributed by atoms with Gasteiger partial charge in [-0.3, -0.25) is 4.79 Å². The monoisotopic (exact) mass is 315 g/mol. The summed E-state index contributed by atoms with van der Waals surface area (Å²) in [5.74, 6) is 0. The molecular formula is C13H22BrN3O. The molecule has 0 fully saturated rings. The molecule has 0 spiro atoms. The summed E-state index contributed by atoms with van der Waals surface area (Å²) in [7, 11) is 0. The molecule has 0 bridgehead atoms. The SMILES string of the molecule is CCN(CC)CCNCCn1cccc(Br)c1=O. The summed E-state index contributed by atoms with van der Waals surface area (Å²) in [5.41, 5.74) is 0.0306. The topological polar surface area (TPSA) is 37.3 Å². The minimum atomic E-state index is 0.0306. The average molecular weight is 316 g/mol. The lowest BCUT2D eigenvalue weighted by atomic mass is 10.4. The molecule has 0 radical (unpaired) electrons. The summed E-state index contributed by atoms with van der Waals surface area (Å²) >= 11 is 3.25. The first-order valence-electron chi connectivity index (χ1n) is 6.47. The Morgan fingerprint density at radius 1 is 1.33 bits per heavy atom. The van der Waals surface area contributed by atoms with Crippen molar-refractivity contribution in [3.8, 4) is 0 Å². The van der Waals surface area contributed by atoms with E-state index in [0.29, 0.717) is 11.0 Å². The highest BCUT2D eigenvalue weighted by Crippen LogP contribution is 2.00. The van der Waals surface area contributed by atoms with E-state index in [4.69, 9.17) is 0 Å². The zero-order valence-electron chi connectivity index (χ0n) is 11.2. The number of hydrogen-bond acceptors (Lipinski definition) is 3. The first kappa shape index (κ1) is 15.4. The Balaban J connectivity index is 2.26. The van der Waals surface area contributed by atoms with Crippen LogP contribution in [0.3, 0.4) is 0 Å². The highest BCUT2D eigenvalue weighted by atomic mass is 79.9. The van der Waals surface area contributed by atoms with Gasteiger partial charge >= 0.3 is 0 Å². The predicted octanol–water partition coefficient (Wildman–Crippen LogP) is 1.54. The smallest absolute Gasteiger partial charge is 0.264 e. The molecule has 102 valence electrons. The number of halogens is 1. The Morgan fingerprint density at radius 2 is 2.06 bits per heavy atom. The molecule has 0 aliphatic heterocycles. The lowest BCUT2D eigenvalue weighted by molar-refractivity contribution is 0.302. The van der Waals surface area contributed by atoms with Crippen LogP contribution in [0, 0.1) is 0 Å². The van der Waals surface area contributed by atoms with Gasteiger partial charge in [0.05, 0.1) is 4.47 Å². The summed E-state index contributed by atoms with van der Waals surface area (Å²) in [6, 6.07) is 3.65. The predicted molar refractivity (Wildman–Crippen MR) is 79.1 cm³/mol. The van der Waals surface area contributed by atoms with E-state index in [2.05, 4.69) is 40.0 Å². The van der Waals surface area contributed by atoms with Gasteiger partial charge in [-0.2, -0.15) is 0 Å². The van der Waals surface area contributed by atoms with E-state index in [1.165, 1.54) is 0 Å². The number of nitrogens with zero attached hydrogens (tertiary/aromatic N) is 2. The molecule has 4 nitrogen and oxygen atoms in total. The molecule has 18 heavy (non-hydrogen) atoms. The Labute approximate surface area is 117 Å². The summed E-state index contributed by atoms with van der Waals surface area (Å²) < 4.78 is 2.34. The van der Waals surface area contributed by atoms with Gasteiger partial charge in [-0.25, -0.2) is 0 Å². The number of likely N-dealkylation sites (N-methyl/N-ethyl adjacent to an activating group) is 1. The second-order valence-electron chi connectivity index (χ2n) is 4.13. The molecule has 0 aliphatic rings. The van der Waals surface area contributed by atoms with Crippen LogP contribution in [0.5, 0.6) is 0 Å². The van der Waals surface area contributed by atoms with Crippen LogP contribution in [0.4, 0.5) is 0 Å². The molecule has 0 saturated carbocycles. The van der Waals surface area contributed by atoms with Gasteiger partial charge < -0.3 is 14.8 Å². The molecule has 1 aromatic rings. The van der Waals surface area contributed by atoms with Crippen molar-refractivity contribution in [2.24, 2.45) is 0 Å². The van der Waals surface area contributed by atoms with Crippen LogP contribution in [-0.4, -0.2) is 42.2 Å². The fourth-order valence-corrected chi connectivity index (χ4v) is 2.17. The molecule has 1 heterocycles. The summed E-state index contributed by atoms with van der Waals surface area (Å²) in [4.78, 5) is 14.1. The van der Waals surface area contributed by atoms with Crippen LogP contribution in [0.1, 0.15) is 13.8 Å². The van der Waals surface area contributed by atoms with E-state index in [-0.39, 0.29) is 5.56 Å². The van der Waals surface area contributed by atoms with E-state index in [9.17, 15) is 4.79 Å². The third kappa shape index (κ3) is 4.92. The van der Waals surface area contributed by atoms with Gasteiger partial charge in [0.1, 0.15) is 0 Å². The number of hydrogen-bond donors (Lipinski definition) is 1. The van der Waals surface area contributed by atoms with Gasteiger partial charge in [-0.05, 0) is 41.2 Å². The zero-order chi connectivity index (χ0) is 13.4. The zero-order valence-corrected chi connectivity index (χ0v) is 12.7. The third-order valence-electron chi connectivity index (χ3n) is 3.00. The van der Waals surface area contributed by atoms with Crippen LogP contribution in [0.15, 0.2) is 27.6 Å². The molecule has 0 aliphatic carbocycles. The van der Waals surface area contributed by atoms with Gasteiger partial charge in [0.15, 0.2) is 0 Å². The van der Waals surface area contributed by atoms with Crippen molar-refractivity contribution in [3.63, 3.8) is 0 Å². The fraction of sp³-hybridized carbons (Fsp3) is 0.615. The maximum Gasteiger partial charge on any atom is 0.264 e. The molecular weight excluding hydrogens is 294 g/mol. The summed E-state index contributed by atoms with van der Waals surface area (Å²) in [6.07, 6.45) is 1.82. The van der Waals surface area contributed by atoms with Crippen molar-refractivity contribution in [2.45, 2.75) is 20.4 Å². The number of pyridine rings is 1. The van der Waals surface area contributed by atoms with Crippen LogP contribution < -0.4 is 10.9 Å². The van der Waals surface area contributed by atoms with E-state index in [0.717, 1.165) is 32.7 Å². The largest absolute Gasteiger partial charge is 0.314 e. The van der Waals surface area contributed by atoms with Gasteiger partial charge in [0.25, 0.3) is 5.56 Å². The van der Waals surface area contributed by atoms with Crippen molar-refractivity contribution in [3.05, 3.63) is 33.2 Å². The van der Waals surface area contributed by atoms with E-state index >= 15 is 0 Å². The highest BCUT2D eigenvalue weighted by Gasteiger charge is 2.00. The number of rotatable bonds is 8. The van der Waals surface area contributed by atoms with Crippen molar-refractivity contribution >= 4 is 15.9 Å². The van der Waals surface area contributed by atoms with Crippen LogP contribution in [-0.2, 0) is 6.54 Å². The number of nitrogens with one attached hydrogen (secondary N) is 1. The second-order valence-corrected chi connectivity index (χ2v) is 4.99. The standard InChI is InChI=1S/C13H22BrN3O/c1-3-16(4-2)10-7-15-8-11-17-9-5-6-12(14)13(17)18/h5-6,9,15H,3-4,7-8,10-11H2,1-2H3. The maximum atomic E-state index is 11.7. The molecule has 0 aromatic carbocycles.